The second kappa shape index (κ2) is 41.5. The molecule has 0 aliphatic rings. The average Bonchev–Trinajstić information content (AvgIpc) is 3.22. The molecule has 61 heavy (non-hydrogen) atoms. The van der Waals surface area contributed by atoms with Crippen molar-refractivity contribution in [2.75, 3.05) is 19.8 Å². The van der Waals surface area contributed by atoms with E-state index in [-0.39, 0.29) is 18.9 Å². The summed E-state index contributed by atoms with van der Waals surface area (Å²) in [5.74, 6) is -2.53. The van der Waals surface area contributed by atoms with Gasteiger partial charge in [-0.2, -0.15) is 0 Å². The average molecular weight is 874 g/mol. The molecule has 5 N–H and O–H groups in total. The van der Waals surface area contributed by atoms with E-state index < -0.39 is 57.7 Å². The molecular weight excluding hydrogens is 797 g/mol. The summed E-state index contributed by atoms with van der Waals surface area (Å²) < 4.78 is 32.6. The molecule has 0 aromatic rings. The van der Waals surface area contributed by atoms with Crippen molar-refractivity contribution < 1.29 is 52.6 Å². The predicted molar refractivity (Wildman–Crippen MR) is 246 cm³/mol. The number of hydrogen-bond acceptors (Lipinski definition) is 10. The highest BCUT2D eigenvalue weighted by molar-refractivity contribution is 7.47. The minimum atomic E-state index is -4.76. The molecule has 1 unspecified atom stereocenters. The minimum absolute atomic E-state index is 0.0586. The van der Waals surface area contributed by atoms with Crippen LogP contribution in [0.15, 0.2) is 109 Å². The van der Waals surface area contributed by atoms with Gasteiger partial charge in [0.25, 0.3) is 0 Å². The molecule has 0 saturated heterocycles. The van der Waals surface area contributed by atoms with E-state index in [9.17, 15) is 28.9 Å². The number of carbonyl (C=O) groups excluding carboxylic acids is 2. The second-order valence-electron chi connectivity index (χ2n) is 14.4. The summed E-state index contributed by atoms with van der Waals surface area (Å²) in [5.41, 5.74) is 5.32. The fraction of sp³-hybridized carbons (Fsp3) is 0.562. The number of carboxylic acid groups (broad SMARTS) is 1. The Morgan fingerprint density at radius 1 is 0.574 bits per heavy atom. The van der Waals surface area contributed by atoms with Gasteiger partial charge in [-0.3, -0.25) is 23.4 Å². The van der Waals surface area contributed by atoms with Crippen molar-refractivity contribution in [3.63, 3.8) is 0 Å². The zero-order valence-corrected chi connectivity index (χ0v) is 37.7. The molecule has 0 aromatic carbocycles. The number of carbonyl (C=O) groups is 3. The topological polar surface area (TPSA) is 192 Å². The maximum atomic E-state index is 12.6. The molecular formula is C48H76NO11P. The predicted octanol–water partition coefficient (Wildman–Crippen LogP) is 10.8. The molecule has 0 radical (unpaired) electrons. The van der Waals surface area contributed by atoms with Crippen molar-refractivity contribution in [3.05, 3.63) is 109 Å². The van der Waals surface area contributed by atoms with Crippen LogP contribution in [-0.2, 0) is 37.5 Å². The van der Waals surface area contributed by atoms with Crippen LogP contribution in [0.25, 0.3) is 0 Å². The van der Waals surface area contributed by atoms with Gasteiger partial charge >= 0.3 is 25.7 Å². The molecule has 0 aliphatic heterocycles. The largest absolute Gasteiger partial charge is 0.480 e. The molecule has 0 aliphatic carbocycles. The molecule has 0 saturated carbocycles. The Hall–Kier alpha value is -3.90. The van der Waals surface area contributed by atoms with E-state index in [1.165, 1.54) is 0 Å². The van der Waals surface area contributed by atoms with Crippen molar-refractivity contribution in [2.45, 2.75) is 154 Å². The number of aliphatic hydroxyl groups excluding tert-OH is 1. The fourth-order valence-corrected chi connectivity index (χ4v) is 5.88. The van der Waals surface area contributed by atoms with E-state index in [0.29, 0.717) is 19.3 Å². The standard InChI is InChI=1S/C48H76NO11P/c1-3-4-5-6-7-8-9-10-11-12-13-14-17-20-23-26-29-32-35-38-46(51)57-40-44(41-58-61(55,56)59-42-45(49)48(53)54)60-47(52)39-36-33-30-27-24-21-18-15-16-19-22-25-28-31-34-37-43(2)50/h4-5,7-8,10-11,13-14,16,18-21,23,25,27-28,30,43-45,50H,3,6,9,12,15,17,22,24,26,29,31-42,49H2,1-2H3,(H,53,54)(H,55,56)/b5-4-,8-7-,11-10-,14-13-,19-16-,21-18-,23-20-,28-25-,30-27-/t43-,44+,45-/m0/s1. The summed E-state index contributed by atoms with van der Waals surface area (Å²) in [6, 6.07) is -1.55. The van der Waals surface area contributed by atoms with Gasteiger partial charge in [0.2, 0.25) is 0 Å². The number of rotatable bonds is 39. The first-order chi connectivity index (χ1) is 29.5. The van der Waals surface area contributed by atoms with Gasteiger partial charge in [-0.1, -0.05) is 123 Å². The lowest BCUT2D eigenvalue weighted by Gasteiger charge is -2.20. The number of allylic oxidation sites excluding steroid dienone is 18. The van der Waals surface area contributed by atoms with Gasteiger partial charge in [0, 0.05) is 12.8 Å². The highest BCUT2D eigenvalue weighted by Crippen LogP contribution is 2.43. The van der Waals surface area contributed by atoms with Crippen molar-refractivity contribution in [1.82, 2.24) is 0 Å². The molecule has 0 amide bonds. The SMILES string of the molecule is CC/C=C\C/C=C\C/C=C\C/C=C\C/C=C\CCCCCC(=O)OC[C@H](COP(=O)(O)OC[C@H](N)C(=O)O)OC(=O)CCC/C=C\C/C=C\C/C=C\C/C=C\CCC[C@H](C)O. The summed E-state index contributed by atoms with van der Waals surface area (Å²) >= 11 is 0. The van der Waals surface area contributed by atoms with Gasteiger partial charge in [0.05, 0.1) is 19.3 Å². The monoisotopic (exact) mass is 874 g/mol. The molecule has 0 rings (SSSR count). The first-order valence-corrected chi connectivity index (χ1v) is 23.4. The Morgan fingerprint density at radius 2 is 1.00 bits per heavy atom. The highest BCUT2D eigenvalue weighted by Gasteiger charge is 2.28. The van der Waals surface area contributed by atoms with Crippen LogP contribution in [0.1, 0.15) is 136 Å². The third kappa shape index (κ3) is 42.6. The van der Waals surface area contributed by atoms with E-state index in [1.807, 2.05) is 12.2 Å². The Kier molecular flexibility index (Phi) is 38.8. The zero-order valence-electron chi connectivity index (χ0n) is 36.8. The number of unbranched alkanes of at least 4 members (excludes halogenated alkanes) is 5. The van der Waals surface area contributed by atoms with Gasteiger partial charge in [-0.05, 0) is 110 Å². The van der Waals surface area contributed by atoms with Crippen LogP contribution < -0.4 is 5.73 Å². The van der Waals surface area contributed by atoms with Crippen LogP contribution in [0.3, 0.4) is 0 Å². The second-order valence-corrected chi connectivity index (χ2v) is 15.8. The Morgan fingerprint density at radius 3 is 1.48 bits per heavy atom. The van der Waals surface area contributed by atoms with Crippen LogP contribution in [-0.4, -0.2) is 71.1 Å². The molecule has 13 heteroatoms. The summed E-state index contributed by atoms with van der Waals surface area (Å²) in [6.07, 6.45) is 51.5. The number of nitrogens with two attached hydrogens (primary N) is 1. The Bertz CT molecular complexity index is 1460. The number of aliphatic carboxylic acids is 1. The summed E-state index contributed by atoms with van der Waals surface area (Å²) in [5, 5.41) is 18.2. The molecule has 12 nitrogen and oxygen atoms in total. The van der Waals surface area contributed by atoms with Gasteiger partial charge in [-0.25, -0.2) is 4.57 Å². The highest BCUT2D eigenvalue weighted by atomic mass is 31.2. The van der Waals surface area contributed by atoms with Crippen LogP contribution in [0.4, 0.5) is 0 Å². The number of phosphoric ester groups is 1. The number of phosphoric acid groups is 1. The first-order valence-electron chi connectivity index (χ1n) is 21.9. The van der Waals surface area contributed by atoms with Crippen LogP contribution in [0.2, 0.25) is 0 Å². The molecule has 0 fully saturated rings. The molecule has 4 atom stereocenters. The van der Waals surface area contributed by atoms with E-state index in [0.717, 1.165) is 89.9 Å². The lowest BCUT2D eigenvalue weighted by molar-refractivity contribution is -0.161. The van der Waals surface area contributed by atoms with Crippen LogP contribution >= 0.6 is 7.82 Å². The van der Waals surface area contributed by atoms with Crippen molar-refractivity contribution in [1.29, 1.82) is 0 Å². The fourth-order valence-electron chi connectivity index (χ4n) is 5.10. The Balaban J connectivity index is 4.54. The van der Waals surface area contributed by atoms with Gasteiger partial charge in [0.1, 0.15) is 12.6 Å². The number of hydrogen-bond donors (Lipinski definition) is 4. The number of aliphatic hydroxyl groups is 1. The maximum Gasteiger partial charge on any atom is 0.472 e. The summed E-state index contributed by atoms with van der Waals surface area (Å²) in [6.45, 7) is 2.12. The van der Waals surface area contributed by atoms with Gasteiger partial charge < -0.3 is 30.3 Å². The molecule has 0 bridgehead atoms. The third-order valence-corrected chi connectivity index (χ3v) is 9.47. The smallest absolute Gasteiger partial charge is 0.472 e. The van der Waals surface area contributed by atoms with E-state index in [4.69, 9.17) is 24.8 Å². The quantitative estimate of drug-likeness (QED) is 0.0198. The van der Waals surface area contributed by atoms with Crippen LogP contribution in [0, 0.1) is 0 Å². The molecule has 344 valence electrons. The lowest BCUT2D eigenvalue weighted by atomic mass is 10.1. The number of carboxylic acids is 1. The van der Waals surface area contributed by atoms with E-state index in [2.05, 4.69) is 109 Å². The molecule has 0 spiro atoms. The number of esters is 2. The summed E-state index contributed by atoms with van der Waals surface area (Å²) in [7, 11) is -4.76. The van der Waals surface area contributed by atoms with Gasteiger partial charge in [-0.15, -0.1) is 0 Å². The van der Waals surface area contributed by atoms with Crippen molar-refractivity contribution in [2.24, 2.45) is 5.73 Å². The zero-order chi connectivity index (χ0) is 45.1. The number of ether oxygens (including phenoxy) is 2. The minimum Gasteiger partial charge on any atom is -0.480 e. The van der Waals surface area contributed by atoms with Crippen LogP contribution in [0.5, 0.6) is 0 Å². The van der Waals surface area contributed by atoms with Crippen molar-refractivity contribution in [3.8, 4) is 0 Å². The molecule has 0 aromatic heterocycles. The van der Waals surface area contributed by atoms with E-state index >= 15 is 0 Å². The molecule has 0 heterocycles. The summed E-state index contributed by atoms with van der Waals surface area (Å²) in [4.78, 5) is 46.0. The normalized spacial score (nSPS) is 15.2. The van der Waals surface area contributed by atoms with Gasteiger partial charge in [0.15, 0.2) is 6.10 Å². The van der Waals surface area contributed by atoms with Crippen molar-refractivity contribution >= 4 is 25.7 Å². The maximum absolute atomic E-state index is 12.6. The first kappa shape index (κ1) is 57.1. The third-order valence-electron chi connectivity index (χ3n) is 8.52. The Labute approximate surface area is 366 Å². The lowest BCUT2D eigenvalue weighted by Crippen LogP contribution is -2.34. The van der Waals surface area contributed by atoms with E-state index in [1.54, 1.807) is 6.92 Å².